The van der Waals surface area contributed by atoms with Crippen LogP contribution in [0.25, 0.3) is 0 Å². The van der Waals surface area contributed by atoms with Crippen LogP contribution in [0.5, 0.6) is 0 Å². The second-order valence-corrected chi connectivity index (χ2v) is 11.6. The topological polar surface area (TPSA) is 0 Å². The molecule has 0 heterocycles. The van der Waals surface area contributed by atoms with Crippen molar-refractivity contribution in [1.82, 2.24) is 0 Å². The van der Waals surface area contributed by atoms with E-state index in [0.29, 0.717) is 21.7 Å². The van der Waals surface area contributed by atoms with Gasteiger partial charge in [-0.25, -0.2) is 0 Å². The van der Waals surface area contributed by atoms with Gasteiger partial charge in [-0.3, -0.25) is 0 Å². The summed E-state index contributed by atoms with van der Waals surface area (Å²) in [6.07, 6.45) is 10.6. The fourth-order valence-corrected chi connectivity index (χ4v) is 9.83. The summed E-state index contributed by atoms with van der Waals surface area (Å²) in [5, 5.41) is 0. The maximum atomic E-state index is 2.72. The lowest BCUT2D eigenvalue weighted by molar-refractivity contribution is -0.329. The first-order valence-electron chi connectivity index (χ1n) is 10.4. The van der Waals surface area contributed by atoms with Gasteiger partial charge in [-0.15, -0.1) is 0 Å². The van der Waals surface area contributed by atoms with E-state index >= 15 is 0 Å². The molecule has 7 fully saturated rings. The summed E-state index contributed by atoms with van der Waals surface area (Å²) in [6, 6.07) is 11.5. The average molecular weight is 321 g/mol. The molecule has 4 atom stereocenters. The van der Waals surface area contributed by atoms with Gasteiger partial charge < -0.3 is 0 Å². The summed E-state index contributed by atoms with van der Waals surface area (Å²) in [5.74, 6) is 4.10. The first-order valence-corrected chi connectivity index (χ1v) is 10.4. The van der Waals surface area contributed by atoms with Gasteiger partial charge in [0.1, 0.15) is 0 Å². The molecule has 0 saturated heterocycles. The molecule has 4 unspecified atom stereocenters. The highest BCUT2D eigenvalue weighted by Crippen LogP contribution is 2.84. The van der Waals surface area contributed by atoms with E-state index < -0.39 is 0 Å². The Hall–Kier alpha value is -0.780. The second-order valence-electron chi connectivity index (χ2n) is 11.6. The Labute approximate surface area is 147 Å². The second kappa shape index (κ2) is 3.97. The Morgan fingerprint density at radius 2 is 1.29 bits per heavy atom. The smallest absolute Gasteiger partial charge is 0.0189 e. The standard InChI is InChI=1S/C24H32/c1-21-12-19-17-10-22(2)11-18(23(17,3)14-21)20(13-21)24(19,15-22)9-16-7-5-4-6-8-16/h4-8,17-20H,9-15H2,1-3H3. The Morgan fingerprint density at radius 3 is 1.92 bits per heavy atom. The minimum Gasteiger partial charge on any atom is -0.0622 e. The lowest BCUT2D eigenvalue weighted by Crippen LogP contribution is -2.75. The molecule has 0 amide bonds. The summed E-state index contributed by atoms with van der Waals surface area (Å²) in [4.78, 5) is 0. The lowest BCUT2D eigenvalue weighted by atomic mass is 9.23. The van der Waals surface area contributed by atoms with Crippen molar-refractivity contribution < 1.29 is 0 Å². The van der Waals surface area contributed by atoms with Crippen molar-refractivity contribution in [3.05, 3.63) is 35.9 Å². The van der Waals surface area contributed by atoms with Gasteiger partial charge in [0.05, 0.1) is 0 Å². The minimum absolute atomic E-state index is 0.640. The van der Waals surface area contributed by atoms with Crippen LogP contribution < -0.4 is 0 Å². The molecule has 7 aliphatic carbocycles. The SMILES string of the molecule is CC12CC3C4CC5(C)CC(C(C1)C3(Cc1ccccc1)C5)C4(C)C2. The number of benzene rings is 1. The molecule has 8 bridgehead atoms. The molecule has 0 nitrogen and oxygen atoms in total. The van der Waals surface area contributed by atoms with Crippen LogP contribution in [-0.4, -0.2) is 0 Å². The van der Waals surface area contributed by atoms with Gasteiger partial charge in [-0.2, -0.15) is 0 Å². The van der Waals surface area contributed by atoms with Crippen molar-refractivity contribution in [3.63, 3.8) is 0 Å². The minimum atomic E-state index is 0.640. The van der Waals surface area contributed by atoms with Gasteiger partial charge in [0.15, 0.2) is 0 Å². The molecule has 7 aliphatic rings. The first-order chi connectivity index (χ1) is 11.4. The molecule has 0 aliphatic heterocycles. The molecule has 0 radical (unpaired) electrons. The van der Waals surface area contributed by atoms with Gasteiger partial charge in [-0.05, 0) is 95.8 Å². The van der Waals surface area contributed by atoms with E-state index in [1.807, 2.05) is 0 Å². The normalized spacial score (nSPS) is 59.3. The third-order valence-electron chi connectivity index (χ3n) is 9.93. The Balaban J connectivity index is 1.52. The Kier molecular flexibility index (Phi) is 2.38. The fourth-order valence-electron chi connectivity index (χ4n) is 9.83. The van der Waals surface area contributed by atoms with Crippen LogP contribution in [0.4, 0.5) is 0 Å². The van der Waals surface area contributed by atoms with Crippen LogP contribution in [-0.2, 0) is 6.42 Å². The van der Waals surface area contributed by atoms with Crippen molar-refractivity contribution in [3.8, 4) is 0 Å². The van der Waals surface area contributed by atoms with Crippen LogP contribution in [0.3, 0.4) is 0 Å². The Bertz CT molecular complexity index is 674. The molecule has 1 aromatic carbocycles. The number of hydrogen-bond acceptors (Lipinski definition) is 0. The van der Waals surface area contributed by atoms with Crippen LogP contribution >= 0.6 is 0 Å². The molecule has 0 spiro atoms. The van der Waals surface area contributed by atoms with Crippen molar-refractivity contribution >= 4 is 0 Å². The maximum Gasteiger partial charge on any atom is -0.0189 e. The molecule has 24 heavy (non-hydrogen) atoms. The van der Waals surface area contributed by atoms with Crippen molar-refractivity contribution in [2.45, 2.75) is 65.7 Å². The molecule has 1 aromatic rings. The number of rotatable bonds is 2. The molecular formula is C24H32. The van der Waals surface area contributed by atoms with Crippen molar-refractivity contribution in [2.75, 3.05) is 0 Å². The van der Waals surface area contributed by atoms with Crippen molar-refractivity contribution in [1.29, 1.82) is 0 Å². The molecular weight excluding hydrogens is 288 g/mol. The van der Waals surface area contributed by atoms with Crippen LogP contribution in [0.1, 0.15) is 64.9 Å². The highest BCUT2D eigenvalue weighted by Gasteiger charge is 2.77. The predicted octanol–water partition coefficient (Wildman–Crippen LogP) is 6.11. The van der Waals surface area contributed by atoms with Gasteiger partial charge in [0, 0.05) is 0 Å². The average Bonchev–Trinajstić information content (AvgIpc) is 2.52. The summed E-state index contributed by atoms with van der Waals surface area (Å²) >= 11 is 0. The zero-order valence-electron chi connectivity index (χ0n) is 15.6. The van der Waals surface area contributed by atoms with E-state index in [4.69, 9.17) is 0 Å². The summed E-state index contributed by atoms with van der Waals surface area (Å²) in [6.45, 7) is 8.02. The quantitative estimate of drug-likeness (QED) is 0.617. The highest BCUT2D eigenvalue weighted by atomic mass is 14.8. The molecule has 0 aromatic heterocycles. The summed E-state index contributed by atoms with van der Waals surface area (Å²) < 4.78 is 0. The van der Waals surface area contributed by atoms with Gasteiger partial charge in [-0.1, -0.05) is 51.1 Å². The van der Waals surface area contributed by atoms with Gasteiger partial charge >= 0.3 is 0 Å². The third-order valence-corrected chi connectivity index (χ3v) is 9.93. The molecule has 8 rings (SSSR count). The Morgan fingerprint density at radius 1 is 0.750 bits per heavy atom. The van der Waals surface area contributed by atoms with Crippen LogP contribution in [0.2, 0.25) is 0 Å². The molecule has 7 saturated carbocycles. The van der Waals surface area contributed by atoms with Crippen LogP contribution in [0.15, 0.2) is 30.3 Å². The van der Waals surface area contributed by atoms with E-state index in [2.05, 4.69) is 51.1 Å². The van der Waals surface area contributed by atoms with Crippen molar-refractivity contribution in [2.24, 2.45) is 45.3 Å². The van der Waals surface area contributed by atoms with E-state index in [0.717, 1.165) is 23.7 Å². The third kappa shape index (κ3) is 1.49. The maximum absolute atomic E-state index is 2.72. The zero-order chi connectivity index (χ0) is 16.4. The van der Waals surface area contributed by atoms with E-state index in [1.54, 1.807) is 37.7 Å². The highest BCUT2D eigenvalue weighted by molar-refractivity contribution is 5.29. The van der Waals surface area contributed by atoms with Gasteiger partial charge in [0.25, 0.3) is 0 Å². The zero-order valence-corrected chi connectivity index (χ0v) is 15.6. The van der Waals surface area contributed by atoms with E-state index in [9.17, 15) is 0 Å². The summed E-state index contributed by atoms with van der Waals surface area (Å²) in [7, 11) is 0. The first kappa shape index (κ1) is 14.4. The van der Waals surface area contributed by atoms with Crippen LogP contribution in [0, 0.1) is 45.3 Å². The van der Waals surface area contributed by atoms with E-state index in [-0.39, 0.29) is 0 Å². The predicted molar refractivity (Wildman–Crippen MR) is 98.6 cm³/mol. The molecule has 0 N–H and O–H groups in total. The number of hydrogen-bond donors (Lipinski definition) is 0. The summed E-state index contributed by atoms with van der Waals surface area (Å²) in [5.41, 5.74) is 4.26. The lowest BCUT2D eigenvalue weighted by Gasteiger charge is -2.82. The van der Waals surface area contributed by atoms with E-state index in [1.165, 1.54) is 12.8 Å². The fraction of sp³-hybridized carbons (Fsp3) is 0.750. The largest absolute Gasteiger partial charge is 0.0622 e. The molecule has 0 heteroatoms. The van der Waals surface area contributed by atoms with Gasteiger partial charge in [0.2, 0.25) is 0 Å². The monoisotopic (exact) mass is 320 g/mol. The molecule has 128 valence electrons.